The first-order chi connectivity index (χ1) is 14.4. The summed E-state index contributed by atoms with van der Waals surface area (Å²) in [4.78, 5) is 10.4. The van der Waals surface area contributed by atoms with Crippen LogP contribution >= 0.6 is 0 Å². The highest BCUT2D eigenvalue weighted by Gasteiger charge is 2.14. The molecule has 7 nitrogen and oxygen atoms in total. The number of aliphatic hydroxyl groups excluding tert-OH is 2. The van der Waals surface area contributed by atoms with Crippen molar-refractivity contribution in [1.82, 2.24) is 5.32 Å². The van der Waals surface area contributed by atoms with E-state index in [9.17, 15) is 19.4 Å². The number of carboxylic acids is 1. The van der Waals surface area contributed by atoms with E-state index in [-0.39, 0.29) is 25.1 Å². The van der Waals surface area contributed by atoms with Crippen LogP contribution in [0.2, 0.25) is 0 Å². The molecular formula is C22H28FNO6. The highest BCUT2D eigenvalue weighted by Crippen LogP contribution is 2.11. The Balaban J connectivity index is 2.30. The number of hydrogen-bond donors (Lipinski definition) is 4. The lowest BCUT2D eigenvalue weighted by Crippen LogP contribution is -2.39. The zero-order valence-corrected chi connectivity index (χ0v) is 16.7. The fourth-order valence-corrected chi connectivity index (χ4v) is 2.19. The average molecular weight is 421 g/mol. The number of likely N-dealkylation sites (N-methyl/N-ethyl adjacent to an activating group) is 1. The van der Waals surface area contributed by atoms with E-state index in [1.54, 1.807) is 55.7 Å². The van der Waals surface area contributed by atoms with Gasteiger partial charge in [-0.25, -0.2) is 9.18 Å². The Bertz CT molecular complexity index is 730. The lowest BCUT2D eigenvalue weighted by Gasteiger charge is -2.18. The van der Waals surface area contributed by atoms with E-state index in [0.717, 1.165) is 0 Å². The van der Waals surface area contributed by atoms with Crippen molar-refractivity contribution in [3.05, 3.63) is 78.7 Å². The van der Waals surface area contributed by atoms with Gasteiger partial charge >= 0.3 is 5.97 Å². The van der Waals surface area contributed by atoms with Crippen molar-refractivity contribution in [1.29, 1.82) is 0 Å². The monoisotopic (exact) mass is 421 g/mol. The topological polar surface area (TPSA) is 108 Å². The maximum Gasteiger partial charge on any atom is 0.329 e. The molecule has 8 heteroatoms. The van der Waals surface area contributed by atoms with Crippen LogP contribution in [0.15, 0.2) is 72.9 Å². The average Bonchev–Trinajstić information content (AvgIpc) is 2.72. The molecule has 4 N–H and O–H groups in total. The van der Waals surface area contributed by atoms with Gasteiger partial charge in [-0.05, 0) is 31.3 Å². The number of allylic oxidation sites excluding steroid dienone is 6. The quantitative estimate of drug-likeness (QED) is 0.340. The molecule has 1 rings (SSSR count). The lowest BCUT2D eigenvalue weighted by atomic mass is 10.1. The molecule has 1 aromatic carbocycles. The summed E-state index contributed by atoms with van der Waals surface area (Å²) >= 11 is 0. The number of aliphatic hydroxyl groups is 2. The van der Waals surface area contributed by atoms with Crippen LogP contribution in [-0.2, 0) is 9.53 Å². The minimum absolute atomic E-state index is 0.0540. The van der Waals surface area contributed by atoms with Crippen molar-refractivity contribution in [2.45, 2.75) is 18.2 Å². The van der Waals surface area contributed by atoms with Crippen LogP contribution in [0.4, 0.5) is 4.39 Å². The van der Waals surface area contributed by atoms with E-state index in [1.807, 2.05) is 0 Å². The van der Waals surface area contributed by atoms with Crippen LogP contribution in [0.1, 0.15) is 0 Å². The van der Waals surface area contributed by atoms with E-state index < -0.39 is 24.8 Å². The van der Waals surface area contributed by atoms with Crippen molar-refractivity contribution in [2.24, 2.45) is 0 Å². The Labute approximate surface area is 175 Å². The molecule has 0 saturated heterocycles. The van der Waals surface area contributed by atoms with Crippen molar-refractivity contribution >= 4 is 5.97 Å². The van der Waals surface area contributed by atoms with Crippen molar-refractivity contribution in [2.75, 3.05) is 26.9 Å². The molecule has 0 fully saturated rings. The van der Waals surface area contributed by atoms with Gasteiger partial charge in [0.05, 0.1) is 18.8 Å². The number of nitrogens with one attached hydrogen (secondary N) is 1. The Morgan fingerprint density at radius 1 is 1.03 bits per heavy atom. The van der Waals surface area contributed by atoms with Crippen LogP contribution in [0.3, 0.4) is 0 Å². The van der Waals surface area contributed by atoms with E-state index in [2.05, 4.69) is 5.32 Å². The maximum absolute atomic E-state index is 12.8. The van der Waals surface area contributed by atoms with Crippen LogP contribution in [0.5, 0.6) is 5.75 Å². The third-order valence-electron chi connectivity index (χ3n) is 3.70. The van der Waals surface area contributed by atoms with Gasteiger partial charge in [0.25, 0.3) is 0 Å². The second-order valence-corrected chi connectivity index (χ2v) is 6.16. The fraction of sp³-hybridized carbons (Fsp3) is 0.318. The van der Waals surface area contributed by atoms with Crippen LogP contribution in [-0.4, -0.2) is 66.4 Å². The number of hydrogen-bond acceptors (Lipinski definition) is 6. The molecule has 0 unspecified atom stereocenters. The number of ether oxygens (including phenoxy) is 2. The zero-order valence-electron chi connectivity index (χ0n) is 16.7. The van der Waals surface area contributed by atoms with Crippen LogP contribution in [0, 0.1) is 5.82 Å². The number of carboxylic acid groups (broad SMARTS) is 1. The fourth-order valence-electron chi connectivity index (χ4n) is 2.19. The van der Waals surface area contributed by atoms with Gasteiger partial charge in [0.2, 0.25) is 0 Å². The summed E-state index contributed by atoms with van der Waals surface area (Å²) in [5, 5.41) is 31.2. The van der Waals surface area contributed by atoms with Crippen molar-refractivity contribution < 1.29 is 34.0 Å². The predicted octanol–water partition coefficient (Wildman–Crippen LogP) is 1.84. The van der Waals surface area contributed by atoms with E-state index in [4.69, 9.17) is 14.6 Å². The Kier molecular flexibility index (Phi) is 12.7. The van der Waals surface area contributed by atoms with E-state index >= 15 is 0 Å². The minimum atomic E-state index is -1.09. The van der Waals surface area contributed by atoms with E-state index in [0.29, 0.717) is 5.75 Å². The lowest BCUT2D eigenvalue weighted by molar-refractivity contribution is -0.143. The summed E-state index contributed by atoms with van der Waals surface area (Å²) in [5.41, 5.74) is 0. The van der Waals surface area contributed by atoms with Gasteiger partial charge in [-0.1, -0.05) is 48.6 Å². The molecule has 164 valence electrons. The summed E-state index contributed by atoms with van der Waals surface area (Å²) in [5.74, 6) is -0.957. The van der Waals surface area contributed by atoms with Gasteiger partial charge < -0.3 is 30.1 Å². The van der Waals surface area contributed by atoms with Crippen molar-refractivity contribution in [3.8, 4) is 5.75 Å². The Morgan fingerprint density at radius 2 is 1.63 bits per heavy atom. The highest BCUT2D eigenvalue weighted by atomic mass is 19.1. The summed E-state index contributed by atoms with van der Waals surface area (Å²) < 4.78 is 23.0. The first-order valence-corrected chi connectivity index (χ1v) is 9.32. The molecule has 1 aromatic rings. The molecule has 0 heterocycles. The standard InChI is InChI=1S/C22H28FNO6/c1-24-20(21(26)15-29-16-22(27)28)9-7-5-3-2-4-6-8-18(25)14-30-19-12-10-17(23)11-13-19/h2-13,18,20-21,24-26H,14-16H2,1H3,(H,27,28)/b4-2-,5-3+,8-6?,9-7+/t18-,20+,21+/m0/s1. The number of halogens is 1. The molecule has 0 radical (unpaired) electrons. The predicted molar refractivity (Wildman–Crippen MR) is 112 cm³/mol. The smallest absolute Gasteiger partial charge is 0.329 e. The summed E-state index contributed by atoms with van der Waals surface area (Å²) in [6.07, 6.45) is 12.0. The second kappa shape index (κ2) is 15.1. The van der Waals surface area contributed by atoms with E-state index in [1.165, 1.54) is 24.3 Å². The highest BCUT2D eigenvalue weighted by molar-refractivity contribution is 5.67. The maximum atomic E-state index is 12.8. The molecule has 0 spiro atoms. The van der Waals surface area contributed by atoms with Gasteiger partial charge in [-0.3, -0.25) is 0 Å². The molecule has 3 atom stereocenters. The number of aliphatic carboxylic acids is 1. The molecule has 0 amide bonds. The van der Waals surface area contributed by atoms with Gasteiger partial charge in [-0.15, -0.1) is 0 Å². The molecule has 0 bridgehead atoms. The third kappa shape index (κ3) is 11.9. The third-order valence-corrected chi connectivity index (χ3v) is 3.70. The molecule has 30 heavy (non-hydrogen) atoms. The first-order valence-electron chi connectivity index (χ1n) is 9.32. The first kappa shape index (κ1) is 25.3. The molecule has 0 aliphatic heterocycles. The molecule has 0 aliphatic rings. The molecule has 0 aliphatic carbocycles. The molecular weight excluding hydrogens is 393 g/mol. The minimum Gasteiger partial charge on any atom is -0.491 e. The van der Waals surface area contributed by atoms with Gasteiger partial charge in [0.15, 0.2) is 0 Å². The summed E-state index contributed by atoms with van der Waals surface area (Å²) in [6.45, 7) is -0.495. The summed E-state index contributed by atoms with van der Waals surface area (Å²) in [6, 6.07) is 5.17. The molecule has 0 aromatic heterocycles. The Morgan fingerprint density at radius 3 is 2.23 bits per heavy atom. The normalized spacial score (nSPS) is 15.3. The van der Waals surface area contributed by atoms with Gasteiger partial charge in [0.1, 0.15) is 30.9 Å². The van der Waals surface area contributed by atoms with Gasteiger partial charge in [0, 0.05) is 0 Å². The Hall–Kier alpha value is -2.78. The number of carbonyl (C=O) groups is 1. The number of rotatable bonds is 14. The second-order valence-electron chi connectivity index (χ2n) is 6.16. The SMILES string of the molecule is CN[C@H](/C=C/C=C/C=C\C=C[C@H](O)COc1ccc(F)cc1)[C@H](O)COCC(=O)O. The van der Waals surface area contributed by atoms with Crippen LogP contribution < -0.4 is 10.1 Å². The van der Waals surface area contributed by atoms with Gasteiger partial charge in [-0.2, -0.15) is 0 Å². The number of benzene rings is 1. The zero-order chi connectivity index (χ0) is 22.2. The van der Waals surface area contributed by atoms with Crippen LogP contribution in [0.25, 0.3) is 0 Å². The molecule has 0 saturated carbocycles. The largest absolute Gasteiger partial charge is 0.491 e. The summed E-state index contributed by atoms with van der Waals surface area (Å²) in [7, 11) is 1.68. The van der Waals surface area contributed by atoms with Crippen molar-refractivity contribution in [3.63, 3.8) is 0 Å².